The molecule has 5 nitrogen and oxygen atoms in total. The molecule has 0 radical (unpaired) electrons. The lowest BCUT2D eigenvalue weighted by Crippen LogP contribution is -1.98. The van der Waals surface area contributed by atoms with Crippen LogP contribution in [0.5, 0.6) is 0 Å². The van der Waals surface area contributed by atoms with E-state index >= 15 is 0 Å². The summed E-state index contributed by atoms with van der Waals surface area (Å²) in [7, 11) is 0. The highest BCUT2D eigenvalue weighted by Gasteiger charge is 2.15. The van der Waals surface area contributed by atoms with Gasteiger partial charge in [0.15, 0.2) is 5.69 Å². The fourth-order valence-corrected chi connectivity index (χ4v) is 1.84. The lowest BCUT2D eigenvalue weighted by atomic mass is 10.2. The minimum absolute atomic E-state index is 0.00968. The Bertz CT molecular complexity index is 382. The zero-order chi connectivity index (χ0) is 10.6. The van der Waals surface area contributed by atoms with Gasteiger partial charge in [0.25, 0.3) is 0 Å². The van der Waals surface area contributed by atoms with Crippen molar-refractivity contribution in [2.45, 2.75) is 19.4 Å². The number of thiazole rings is 1. The van der Waals surface area contributed by atoms with Crippen molar-refractivity contribution in [3.8, 4) is 0 Å². The second-order valence-corrected chi connectivity index (χ2v) is 3.41. The molecule has 0 aliphatic heterocycles. The first-order chi connectivity index (χ1) is 6.69. The molecule has 0 saturated heterocycles. The van der Waals surface area contributed by atoms with Crippen molar-refractivity contribution in [2.24, 2.45) is 4.99 Å². The van der Waals surface area contributed by atoms with Gasteiger partial charge in [-0.2, -0.15) is 4.99 Å². The first-order valence-electron chi connectivity index (χ1n) is 3.94. The van der Waals surface area contributed by atoms with Crippen molar-refractivity contribution in [1.29, 1.82) is 0 Å². The Hall–Kier alpha value is -1.52. The van der Waals surface area contributed by atoms with Crippen LogP contribution in [0, 0.1) is 0 Å². The number of hydrogen-bond donors (Lipinski definition) is 1. The molecule has 0 spiro atoms. The number of carboxylic acids is 1. The number of aliphatic imine (C=N–C) groups is 1. The molecule has 1 rings (SSSR count). The lowest BCUT2D eigenvalue weighted by molar-refractivity contribution is 0.0691. The molecule has 0 amide bonds. The van der Waals surface area contributed by atoms with E-state index in [0.29, 0.717) is 11.4 Å². The van der Waals surface area contributed by atoms with E-state index in [1.807, 2.05) is 6.92 Å². The third-order valence-electron chi connectivity index (χ3n) is 1.62. The van der Waals surface area contributed by atoms with Crippen LogP contribution in [-0.2, 0) is 4.79 Å². The summed E-state index contributed by atoms with van der Waals surface area (Å²) >= 11 is 1.19. The van der Waals surface area contributed by atoms with E-state index in [0.717, 1.165) is 0 Å². The first kappa shape index (κ1) is 10.6. The van der Waals surface area contributed by atoms with Gasteiger partial charge in [0.1, 0.15) is 11.0 Å². The highest BCUT2D eigenvalue weighted by atomic mass is 32.1. The van der Waals surface area contributed by atoms with Gasteiger partial charge in [-0.25, -0.2) is 14.6 Å². The Morgan fingerprint density at radius 1 is 1.86 bits per heavy atom. The SMILES string of the molecule is CC[C@@H](N=C=O)c1nc(C(=O)O)cs1. The smallest absolute Gasteiger partial charge is 0.355 e. The molecule has 0 saturated carbocycles. The fraction of sp³-hybridized carbons (Fsp3) is 0.375. The Kier molecular flexibility index (Phi) is 3.50. The normalized spacial score (nSPS) is 11.8. The molecule has 0 aromatic carbocycles. The summed E-state index contributed by atoms with van der Waals surface area (Å²) < 4.78 is 0. The van der Waals surface area contributed by atoms with Crippen molar-refractivity contribution in [2.75, 3.05) is 0 Å². The van der Waals surface area contributed by atoms with Crippen molar-refractivity contribution in [1.82, 2.24) is 4.98 Å². The number of carbonyl (C=O) groups is 1. The maximum Gasteiger partial charge on any atom is 0.355 e. The molecule has 6 heteroatoms. The second kappa shape index (κ2) is 4.64. The van der Waals surface area contributed by atoms with Gasteiger partial charge in [0, 0.05) is 5.38 Å². The minimum atomic E-state index is -1.07. The van der Waals surface area contributed by atoms with Crippen LogP contribution in [0.2, 0.25) is 0 Å². The number of carboxylic acid groups (broad SMARTS) is 1. The van der Waals surface area contributed by atoms with Crippen LogP contribution in [0.15, 0.2) is 10.4 Å². The third-order valence-corrected chi connectivity index (χ3v) is 2.57. The maximum absolute atomic E-state index is 10.5. The molecule has 0 aliphatic rings. The average molecular weight is 212 g/mol. The van der Waals surface area contributed by atoms with Crippen LogP contribution in [0.3, 0.4) is 0 Å². The van der Waals surface area contributed by atoms with E-state index in [9.17, 15) is 9.59 Å². The predicted octanol–water partition coefficient (Wildman–Crippen LogP) is 1.63. The number of hydrogen-bond acceptors (Lipinski definition) is 5. The first-order valence-corrected chi connectivity index (χ1v) is 4.82. The molecule has 1 heterocycles. The number of carbonyl (C=O) groups excluding carboxylic acids is 1. The molecular formula is C8H8N2O3S. The van der Waals surface area contributed by atoms with Gasteiger partial charge in [-0.1, -0.05) is 6.92 Å². The van der Waals surface area contributed by atoms with Crippen molar-refractivity contribution in [3.05, 3.63) is 16.1 Å². The molecule has 0 bridgehead atoms. The van der Waals surface area contributed by atoms with E-state index in [-0.39, 0.29) is 11.7 Å². The van der Waals surface area contributed by atoms with E-state index in [4.69, 9.17) is 5.11 Å². The summed E-state index contributed by atoms with van der Waals surface area (Å²) in [6, 6.07) is -0.370. The predicted molar refractivity (Wildman–Crippen MR) is 50.2 cm³/mol. The van der Waals surface area contributed by atoms with Crippen molar-refractivity contribution < 1.29 is 14.7 Å². The van der Waals surface area contributed by atoms with Crippen LogP contribution < -0.4 is 0 Å². The number of aromatic carboxylic acids is 1. The number of rotatable bonds is 4. The van der Waals surface area contributed by atoms with Crippen LogP contribution in [0.4, 0.5) is 0 Å². The third kappa shape index (κ3) is 2.25. The molecule has 14 heavy (non-hydrogen) atoms. The Balaban J connectivity index is 2.94. The Morgan fingerprint density at radius 3 is 3.00 bits per heavy atom. The fourth-order valence-electron chi connectivity index (χ4n) is 0.924. The van der Waals surface area contributed by atoms with Gasteiger partial charge in [0.05, 0.1) is 0 Å². The maximum atomic E-state index is 10.5. The summed E-state index contributed by atoms with van der Waals surface area (Å²) in [5.74, 6) is -1.07. The van der Waals surface area contributed by atoms with E-state index in [2.05, 4.69) is 9.98 Å². The van der Waals surface area contributed by atoms with Crippen LogP contribution >= 0.6 is 11.3 Å². The number of aromatic nitrogens is 1. The lowest BCUT2D eigenvalue weighted by Gasteiger charge is -2.00. The zero-order valence-corrected chi connectivity index (χ0v) is 8.24. The van der Waals surface area contributed by atoms with Gasteiger partial charge in [-0.05, 0) is 6.42 Å². The highest BCUT2D eigenvalue weighted by molar-refractivity contribution is 7.09. The van der Waals surface area contributed by atoms with E-state index in [1.165, 1.54) is 22.8 Å². The van der Waals surface area contributed by atoms with E-state index in [1.54, 1.807) is 0 Å². The monoisotopic (exact) mass is 212 g/mol. The molecule has 1 aromatic rings. The van der Waals surface area contributed by atoms with Gasteiger partial charge in [-0.3, -0.25) is 0 Å². The molecule has 1 aromatic heterocycles. The number of isocyanates is 1. The second-order valence-electron chi connectivity index (χ2n) is 2.52. The Labute approximate surface area is 84.1 Å². The summed E-state index contributed by atoms with van der Waals surface area (Å²) in [5, 5.41) is 10.6. The van der Waals surface area contributed by atoms with Crippen LogP contribution in [0.1, 0.15) is 34.9 Å². The van der Waals surface area contributed by atoms with Crippen LogP contribution in [-0.4, -0.2) is 22.1 Å². The molecule has 0 fully saturated rings. The molecule has 1 N–H and O–H groups in total. The van der Waals surface area contributed by atoms with Gasteiger partial charge in [-0.15, -0.1) is 11.3 Å². The standard InChI is InChI=1S/C8H8N2O3S/c1-2-5(9-4-11)7-10-6(3-14-7)8(12)13/h3,5H,2H2,1H3,(H,12,13)/t5-/m1/s1. The van der Waals surface area contributed by atoms with E-state index < -0.39 is 5.97 Å². The summed E-state index contributed by atoms with van der Waals surface area (Å²) in [6.45, 7) is 1.84. The van der Waals surface area contributed by atoms with Gasteiger partial charge in [0.2, 0.25) is 6.08 Å². The molecule has 0 aliphatic carbocycles. The van der Waals surface area contributed by atoms with Crippen molar-refractivity contribution >= 4 is 23.4 Å². The number of nitrogens with zero attached hydrogens (tertiary/aromatic N) is 2. The van der Waals surface area contributed by atoms with Gasteiger partial charge >= 0.3 is 5.97 Å². The topological polar surface area (TPSA) is 79.6 Å². The molecule has 74 valence electrons. The largest absolute Gasteiger partial charge is 0.476 e. The summed E-state index contributed by atoms with van der Waals surface area (Å²) in [6.07, 6.45) is 2.05. The minimum Gasteiger partial charge on any atom is -0.476 e. The zero-order valence-electron chi connectivity index (χ0n) is 7.43. The summed E-state index contributed by atoms with van der Waals surface area (Å²) in [5.41, 5.74) is -0.00968. The Morgan fingerprint density at radius 2 is 2.57 bits per heavy atom. The molecule has 0 unspecified atom stereocenters. The summed E-state index contributed by atoms with van der Waals surface area (Å²) in [4.78, 5) is 28.0. The van der Waals surface area contributed by atoms with Crippen LogP contribution in [0.25, 0.3) is 0 Å². The average Bonchev–Trinajstić information content (AvgIpc) is 2.63. The molecular weight excluding hydrogens is 204 g/mol. The van der Waals surface area contributed by atoms with Crippen molar-refractivity contribution in [3.63, 3.8) is 0 Å². The molecule has 1 atom stereocenters. The van der Waals surface area contributed by atoms with Gasteiger partial charge < -0.3 is 5.11 Å². The quantitative estimate of drug-likeness (QED) is 0.607. The highest BCUT2D eigenvalue weighted by Crippen LogP contribution is 2.23.